The molecule has 164 valence electrons. The van der Waals surface area contributed by atoms with Crippen LogP contribution < -0.4 is 15.0 Å². The maximum atomic E-state index is 13.0. The van der Waals surface area contributed by atoms with Gasteiger partial charge in [0.2, 0.25) is 0 Å². The molecule has 0 saturated carbocycles. The van der Waals surface area contributed by atoms with Gasteiger partial charge in [-0.1, -0.05) is 42.5 Å². The van der Waals surface area contributed by atoms with E-state index in [1.807, 2.05) is 6.07 Å². The smallest absolute Gasteiger partial charge is 0.335 e. The third-order valence-electron chi connectivity index (χ3n) is 4.89. The second-order valence-electron chi connectivity index (χ2n) is 7.16. The van der Waals surface area contributed by atoms with E-state index in [2.05, 4.69) is 5.32 Å². The number of aromatic carboxylic acids is 1. The number of thiocarbonyl (C=S) groups is 1. The molecule has 0 unspecified atom stereocenters. The lowest BCUT2D eigenvalue weighted by atomic mass is 10.1. The summed E-state index contributed by atoms with van der Waals surface area (Å²) in [4.78, 5) is 37.8. The molecule has 0 atom stereocenters. The minimum atomic E-state index is -0.998. The van der Waals surface area contributed by atoms with Gasteiger partial charge >= 0.3 is 5.97 Å². The van der Waals surface area contributed by atoms with Crippen LogP contribution in [0.5, 0.6) is 5.75 Å². The van der Waals surface area contributed by atoms with E-state index in [4.69, 9.17) is 22.1 Å². The maximum Gasteiger partial charge on any atom is 0.335 e. The quantitative estimate of drug-likeness (QED) is 0.332. The van der Waals surface area contributed by atoms with Crippen LogP contribution in [-0.2, 0) is 16.2 Å². The highest BCUT2D eigenvalue weighted by Crippen LogP contribution is 2.22. The largest absolute Gasteiger partial charge is 0.489 e. The second kappa shape index (κ2) is 9.46. The highest BCUT2D eigenvalue weighted by atomic mass is 32.1. The molecule has 4 rings (SSSR count). The van der Waals surface area contributed by atoms with Crippen molar-refractivity contribution in [3.63, 3.8) is 0 Å². The van der Waals surface area contributed by atoms with Gasteiger partial charge < -0.3 is 9.84 Å². The van der Waals surface area contributed by atoms with Crippen LogP contribution in [0.15, 0.2) is 84.4 Å². The van der Waals surface area contributed by atoms with E-state index in [1.165, 1.54) is 17.0 Å². The first-order chi connectivity index (χ1) is 15.9. The van der Waals surface area contributed by atoms with Crippen molar-refractivity contribution in [3.8, 4) is 5.75 Å². The highest BCUT2D eigenvalue weighted by molar-refractivity contribution is 7.80. The van der Waals surface area contributed by atoms with Gasteiger partial charge in [0.25, 0.3) is 11.8 Å². The predicted octanol–water partition coefficient (Wildman–Crippen LogP) is 3.80. The predicted molar refractivity (Wildman–Crippen MR) is 127 cm³/mol. The molecule has 3 aromatic carbocycles. The van der Waals surface area contributed by atoms with Crippen molar-refractivity contribution in [2.24, 2.45) is 0 Å². The summed E-state index contributed by atoms with van der Waals surface area (Å²) in [6.45, 7) is 0.200. The second-order valence-corrected chi connectivity index (χ2v) is 7.54. The van der Waals surface area contributed by atoms with Crippen LogP contribution in [0.3, 0.4) is 0 Å². The number of amides is 2. The molecule has 0 radical (unpaired) electrons. The standard InChI is InChI=1S/C25H18N2O5S/c28-22-21(23(29)27(25(33)26-22)19-7-2-1-3-8-19)14-16-9-11-20(12-10-16)32-15-17-5-4-6-18(13-17)24(30)31/h1-14H,15H2,(H,30,31)(H,26,28,33). The highest BCUT2D eigenvalue weighted by Gasteiger charge is 2.34. The molecule has 2 N–H and O–H groups in total. The molecule has 2 amide bonds. The first-order valence-electron chi connectivity index (χ1n) is 9.94. The lowest BCUT2D eigenvalue weighted by Gasteiger charge is -2.28. The topological polar surface area (TPSA) is 95.9 Å². The Bertz CT molecular complexity index is 1270. The average molecular weight is 458 g/mol. The number of nitrogens with one attached hydrogen (secondary N) is 1. The van der Waals surface area contributed by atoms with Gasteiger partial charge in [0.05, 0.1) is 11.3 Å². The summed E-state index contributed by atoms with van der Waals surface area (Å²) in [7, 11) is 0. The van der Waals surface area contributed by atoms with Crippen molar-refractivity contribution in [3.05, 3.63) is 101 Å². The Hall–Kier alpha value is -4.30. The molecule has 1 aliphatic rings. The number of hydrogen-bond acceptors (Lipinski definition) is 5. The fourth-order valence-electron chi connectivity index (χ4n) is 3.26. The van der Waals surface area contributed by atoms with E-state index in [-0.39, 0.29) is 22.9 Å². The molecule has 1 heterocycles. The van der Waals surface area contributed by atoms with Gasteiger partial charge in [0.1, 0.15) is 17.9 Å². The molecule has 0 bridgehead atoms. The van der Waals surface area contributed by atoms with Crippen LogP contribution in [0.25, 0.3) is 6.08 Å². The Kier molecular flexibility index (Phi) is 6.28. The third-order valence-corrected chi connectivity index (χ3v) is 5.17. The Morgan fingerprint density at radius 2 is 1.73 bits per heavy atom. The van der Waals surface area contributed by atoms with E-state index in [1.54, 1.807) is 66.7 Å². The number of nitrogens with zero attached hydrogens (tertiary/aromatic N) is 1. The number of carbonyl (C=O) groups excluding carboxylic acids is 2. The number of carbonyl (C=O) groups is 3. The number of carboxylic acid groups (broad SMARTS) is 1. The number of anilines is 1. The van der Waals surface area contributed by atoms with Crippen molar-refractivity contribution in [1.82, 2.24) is 5.32 Å². The van der Waals surface area contributed by atoms with Gasteiger partial charge in [-0.2, -0.15) is 0 Å². The van der Waals surface area contributed by atoms with Crippen LogP contribution >= 0.6 is 12.2 Å². The Morgan fingerprint density at radius 1 is 1.00 bits per heavy atom. The molecule has 1 saturated heterocycles. The van der Waals surface area contributed by atoms with E-state index in [0.717, 1.165) is 5.56 Å². The zero-order valence-electron chi connectivity index (χ0n) is 17.2. The van der Waals surface area contributed by atoms with Gasteiger partial charge in [0.15, 0.2) is 5.11 Å². The molecule has 1 aliphatic heterocycles. The van der Waals surface area contributed by atoms with Gasteiger partial charge in [0, 0.05) is 0 Å². The van der Waals surface area contributed by atoms with Gasteiger partial charge in [-0.3, -0.25) is 19.8 Å². The number of carboxylic acids is 1. The van der Waals surface area contributed by atoms with E-state index in [0.29, 0.717) is 17.0 Å². The fraction of sp³-hybridized carbons (Fsp3) is 0.0400. The lowest BCUT2D eigenvalue weighted by Crippen LogP contribution is -2.54. The maximum absolute atomic E-state index is 13.0. The summed E-state index contributed by atoms with van der Waals surface area (Å²) in [5, 5.41) is 11.7. The normalized spacial score (nSPS) is 14.8. The summed E-state index contributed by atoms with van der Waals surface area (Å²) in [6.07, 6.45) is 1.50. The van der Waals surface area contributed by atoms with E-state index >= 15 is 0 Å². The lowest BCUT2D eigenvalue weighted by molar-refractivity contribution is -0.122. The number of para-hydroxylation sites is 1. The van der Waals surface area contributed by atoms with Gasteiger partial charge in [-0.15, -0.1) is 0 Å². The minimum Gasteiger partial charge on any atom is -0.489 e. The summed E-state index contributed by atoms with van der Waals surface area (Å²) >= 11 is 5.19. The van der Waals surface area contributed by atoms with Gasteiger partial charge in [-0.05, 0) is 65.8 Å². The van der Waals surface area contributed by atoms with E-state index < -0.39 is 17.8 Å². The van der Waals surface area contributed by atoms with Crippen molar-refractivity contribution in [2.45, 2.75) is 6.61 Å². The first-order valence-corrected chi connectivity index (χ1v) is 10.3. The summed E-state index contributed by atoms with van der Waals surface area (Å²) in [5.74, 6) is -1.50. The van der Waals surface area contributed by atoms with E-state index in [9.17, 15) is 14.4 Å². The number of benzene rings is 3. The Balaban J connectivity index is 1.49. The minimum absolute atomic E-state index is 0.0315. The van der Waals surface area contributed by atoms with Crippen molar-refractivity contribution >= 4 is 46.9 Å². The molecule has 0 aromatic heterocycles. The van der Waals surface area contributed by atoms with Crippen molar-refractivity contribution in [1.29, 1.82) is 0 Å². The zero-order valence-corrected chi connectivity index (χ0v) is 18.0. The molecule has 0 aliphatic carbocycles. The molecule has 1 fully saturated rings. The first kappa shape index (κ1) is 21.9. The summed E-state index contributed by atoms with van der Waals surface area (Å²) in [5.41, 5.74) is 2.08. The molecule has 3 aromatic rings. The molecule has 8 heteroatoms. The molecular weight excluding hydrogens is 440 g/mol. The van der Waals surface area contributed by atoms with Crippen LogP contribution in [0, 0.1) is 0 Å². The van der Waals surface area contributed by atoms with Crippen LogP contribution in [0.1, 0.15) is 21.5 Å². The van der Waals surface area contributed by atoms with Crippen molar-refractivity contribution < 1.29 is 24.2 Å². The molecule has 33 heavy (non-hydrogen) atoms. The number of hydrogen-bond donors (Lipinski definition) is 2. The monoisotopic (exact) mass is 458 g/mol. The molecule has 0 spiro atoms. The van der Waals surface area contributed by atoms with Gasteiger partial charge in [-0.25, -0.2) is 4.79 Å². The fourth-order valence-corrected chi connectivity index (χ4v) is 3.54. The molecular formula is C25H18N2O5S. The zero-order chi connectivity index (χ0) is 23.4. The summed E-state index contributed by atoms with van der Waals surface area (Å²) in [6, 6.07) is 22.2. The number of rotatable bonds is 6. The third kappa shape index (κ3) is 4.97. The summed E-state index contributed by atoms with van der Waals surface area (Å²) < 4.78 is 5.72. The van der Waals surface area contributed by atoms with Crippen LogP contribution in [0.2, 0.25) is 0 Å². The SMILES string of the molecule is O=C1NC(=S)N(c2ccccc2)C(=O)C1=Cc1ccc(OCc2cccc(C(=O)O)c2)cc1. The molecule has 7 nitrogen and oxygen atoms in total. The van der Waals surface area contributed by atoms with Crippen LogP contribution in [0.4, 0.5) is 5.69 Å². The van der Waals surface area contributed by atoms with Crippen LogP contribution in [-0.4, -0.2) is 28.0 Å². The number of ether oxygens (including phenoxy) is 1. The Morgan fingerprint density at radius 3 is 2.42 bits per heavy atom. The average Bonchev–Trinajstić information content (AvgIpc) is 2.82. The van der Waals surface area contributed by atoms with Crippen molar-refractivity contribution in [2.75, 3.05) is 4.90 Å². The Labute approximate surface area is 194 Å².